The molecule has 1 aliphatic carbocycles. The van der Waals surface area contributed by atoms with Crippen molar-refractivity contribution in [2.75, 3.05) is 7.11 Å². The maximum atomic E-state index is 14.4. The molecule has 1 atom stereocenters. The molecule has 29 heavy (non-hydrogen) atoms. The van der Waals surface area contributed by atoms with Gasteiger partial charge in [-0.1, -0.05) is 24.9 Å². The third-order valence-corrected chi connectivity index (χ3v) is 6.22. The quantitative estimate of drug-likeness (QED) is 0.566. The Hall–Kier alpha value is -2.47. The van der Waals surface area contributed by atoms with E-state index in [1.807, 2.05) is 10.6 Å². The molecule has 3 aromatic rings. The monoisotopic (exact) mass is 415 g/mol. The molecule has 7 heteroatoms. The molecular weight excluding hydrogens is 393 g/mol. The lowest BCUT2D eigenvalue weighted by atomic mass is 9.78. The van der Waals surface area contributed by atoms with Gasteiger partial charge >= 0.3 is 0 Å². The minimum atomic E-state index is -0.531. The summed E-state index contributed by atoms with van der Waals surface area (Å²) in [7, 11) is 1.39. The lowest BCUT2D eigenvalue weighted by Gasteiger charge is -2.35. The third-order valence-electron chi connectivity index (χ3n) is 5.91. The van der Waals surface area contributed by atoms with E-state index in [9.17, 15) is 9.18 Å². The number of hydrogen-bond donors (Lipinski definition) is 0. The fourth-order valence-corrected chi connectivity index (χ4v) is 4.43. The molecule has 2 aromatic heterocycles. The van der Waals surface area contributed by atoms with Gasteiger partial charge in [-0.3, -0.25) is 9.78 Å². The summed E-state index contributed by atoms with van der Waals surface area (Å²) in [6, 6.07) is 4.65. The van der Waals surface area contributed by atoms with Gasteiger partial charge in [0.2, 0.25) is 0 Å². The van der Waals surface area contributed by atoms with Gasteiger partial charge in [-0.2, -0.15) is 0 Å². The largest absolute Gasteiger partial charge is 0.494 e. The van der Waals surface area contributed by atoms with Crippen molar-refractivity contribution in [3.05, 3.63) is 51.3 Å². The van der Waals surface area contributed by atoms with Gasteiger partial charge in [-0.05, 0) is 44.2 Å². The van der Waals surface area contributed by atoms with Gasteiger partial charge in [0.1, 0.15) is 11.2 Å². The SMILES string of the molecule is CC[C@H](C1CCC1)n1c(=O)c(C)nc2c(-c3cc(F)c(OC)cc3Cl)nccc21. The highest BCUT2D eigenvalue weighted by Crippen LogP contribution is 2.40. The van der Waals surface area contributed by atoms with E-state index >= 15 is 0 Å². The first-order valence-electron chi connectivity index (χ1n) is 9.87. The first kappa shape index (κ1) is 19.8. The van der Waals surface area contributed by atoms with Crippen molar-refractivity contribution in [1.29, 1.82) is 0 Å². The molecule has 4 rings (SSSR count). The van der Waals surface area contributed by atoms with E-state index in [2.05, 4.69) is 16.9 Å². The average Bonchev–Trinajstić information content (AvgIpc) is 2.67. The fraction of sp³-hybridized carbons (Fsp3) is 0.409. The molecule has 0 unspecified atom stereocenters. The second kappa shape index (κ2) is 7.75. The van der Waals surface area contributed by atoms with Crippen molar-refractivity contribution in [3.63, 3.8) is 0 Å². The minimum absolute atomic E-state index is 0.0658. The number of benzene rings is 1. The molecule has 1 fully saturated rings. The van der Waals surface area contributed by atoms with Gasteiger partial charge in [0.25, 0.3) is 5.56 Å². The van der Waals surface area contributed by atoms with Gasteiger partial charge in [0.05, 0.1) is 23.3 Å². The molecule has 1 saturated carbocycles. The van der Waals surface area contributed by atoms with Crippen molar-refractivity contribution in [3.8, 4) is 17.0 Å². The molecule has 0 radical (unpaired) electrons. The van der Waals surface area contributed by atoms with Crippen LogP contribution in [0, 0.1) is 18.7 Å². The Kier molecular flexibility index (Phi) is 5.30. The number of hydrogen-bond acceptors (Lipinski definition) is 4. The summed E-state index contributed by atoms with van der Waals surface area (Å²) < 4.78 is 21.3. The number of aryl methyl sites for hydroxylation is 1. The number of nitrogens with zero attached hydrogens (tertiary/aromatic N) is 3. The van der Waals surface area contributed by atoms with E-state index in [1.54, 1.807) is 13.1 Å². The van der Waals surface area contributed by atoms with Crippen LogP contribution in [0.2, 0.25) is 5.02 Å². The highest BCUT2D eigenvalue weighted by Gasteiger charge is 2.30. The first-order chi connectivity index (χ1) is 14.0. The highest BCUT2D eigenvalue weighted by molar-refractivity contribution is 6.33. The summed E-state index contributed by atoms with van der Waals surface area (Å²) >= 11 is 6.41. The van der Waals surface area contributed by atoms with Crippen LogP contribution in [0.5, 0.6) is 5.75 Å². The Balaban J connectivity index is 1.99. The average molecular weight is 416 g/mol. The zero-order valence-electron chi connectivity index (χ0n) is 16.7. The highest BCUT2D eigenvalue weighted by atomic mass is 35.5. The van der Waals surface area contributed by atoms with Crippen LogP contribution >= 0.6 is 11.6 Å². The molecule has 2 heterocycles. The number of fused-ring (bicyclic) bond motifs is 1. The molecule has 1 aromatic carbocycles. The number of halogens is 2. The molecule has 0 N–H and O–H groups in total. The topological polar surface area (TPSA) is 57.0 Å². The van der Waals surface area contributed by atoms with Crippen molar-refractivity contribution in [1.82, 2.24) is 14.5 Å². The third kappa shape index (κ3) is 3.29. The summed E-state index contributed by atoms with van der Waals surface area (Å²) in [6.45, 7) is 3.81. The van der Waals surface area contributed by atoms with Crippen molar-refractivity contribution in [2.45, 2.75) is 45.6 Å². The number of rotatable bonds is 5. The van der Waals surface area contributed by atoms with Crippen LogP contribution in [0.1, 0.15) is 44.3 Å². The predicted molar refractivity (Wildman–Crippen MR) is 112 cm³/mol. The Bertz CT molecular complexity index is 1140. The van der Waals surface area contributed by atoms with Gasteiger partial charge in [0, 0.05) is 23.9 Å². The summed E-state index contributed by atoms with van der Waals surface area (Å²) in [5, 5.41) is 0.312. The van der Waals surface area contributed by atoms with E-state index in [4.69, 9.17) is 16.3 Å². The van der Waals surface area contributed by atoms with E-state index in [0.717, 1.165) is 19.3 Å². The maximum Gasteiger partial charge on any atom is 0.272 e. The van der Waals surface area contributed by atoms with E-state index in [0.29, 0.717) is 38.9 Å². The number of ether oxygens (including phenoxy) is 1. The van der Waals surface area contributed by atoms with Crippen LogP contribution in [0.25, 0.3) is 22.3 Å². The maximum absolute atomic E-state index is 14.4. The molecule has 0 amide bonds. The summed E-state index contributed by atoms with van der Waals surface area (Å²) in [5.74, 6) is 0.0223. The second-order valence-electron chi connectivity index (χ2n) is 7.53. The van der Waals surface area contributed by atoms with E-state index in [-0.39, 0.29) is 17.4 Å². The predicted octanol–water partition coefficient (Wildman–Crippen LogP) is 5.32. The fourth-order valence-electron chi connectivity index (χ4n) is 4.19. The molecule has 0 spiro atoms. The van der Waals surface area contributed by atoms with Crippen LogP contribution in [0.3, 0.4) is 0 Å². The van der Waals surface area contributed by atoms with E-state index < -0.39 is 5.82 Å². The minimum Gasteiger partial charge on any atom is -0.494 e. The normalized spacial score (nSPS) is 15.3. The lowest BCUT2D eigenvalue weighted by molar-refractivity contribution is 0.203. The second-order valence-corrected chi connectivity index (χ2v) is 7.94. The zero-order valence-corrected chi connectivity index (χ0v) is 17.5. The number of pyridine rings is 1. The Morgan fingerprint density at radius 2 is 2.14 bits per heavy atom. The van der Waals surface area contributed by atoms with Crippen LogP contribution in [0.15, 0.2) is 29.2 Å². The van der Waals surface area contributed by atoms with E-state index in [1.165, 1.54) is 25.7 Å². The first-order valence-corrected chi connectivity index (χ1v) is 10.2. The van der Waals surface area contributed by atoms with Crippen molar-refractivity contribution < 1.29 is 9.13 Å². The molecule has 0 bridgehead atoms. The van der Waals surface area contributed by atoms with Gasteiger partial charge in [-0.25, -0.2) is 9.37 Å². The standard InChI is InChI=1S/C22H23ClFN3O2/c1-4-17(13-6-5-7-13)27-18-8-9-25-20(21(18)26-12(2)22(27)28)14-10-16(24)19(29-3)11-15(14)23/h8-11,13,17H,4-7H2,1-3H3/t17-/m1/s1. The van der Waals surface area contributed by atoms with Crippen molar-refractivity contribution >= 4 is 22.6 Å². The lowest BCUT2D eigenvalue weighted by Crippen LogP contribution is -2.34. The van der Waals surface area contributed by atoms with Crippen molar-refractivity contribution in [2.24, 2.45) is 5.92 Å². The molecule has 0 aliphatic heterocycles. The summed E-state index contributed by atoms with van der Waals surface area (Å²) in [6.07, 6.45) is 5.93. The Labute approximate surface area is 173 Å². The Morgan fingerprint density at radius 3 is 2.76 bits per heavy atom. The Morgan fingerprint density at radius 1 is 1.38 bits per heavy atom. The number of aromatic nitrogens is 3. The van der Waals surface area contributed by atoms with Gasteiger partial charge in [-0.15, -0.1) is 0 Å². The molecule has 152 valence electrons. The smallest absolute Gasteiger partial charge is 0.272 e. The van der Waals surface area contributed by atoms with Gasteiger partial charge < -0.3 is 9.30 Å². The van der Waals surface area contributed by atoms with Crippen LogP contribution in [0.4, 0.5) is 4.39 Å². The molecule has 5 nitrogen and oxygen atoms in total. The van der Waals surface area contributed by atoms with Crippen LogP contribution in [-0.4, -0.2) is 21.6 Å². The summed E-state index contributed by atoms with van der Waals surface area (Å²) in [5.41, 5.74) is 2.44. The molecular formula is C22H23ClFN3O2. The zero-order chi connectivity index (χ0) is 20.7. The van der Waals surface area contributed by atoms with Crippen LogP contribution < -0.4 is 10.3 Å². The van der Waals surface area contributed by atoms with Crippen LogP contribution in [-0.2, 0) is 0 Å². The molecule has 0 saturated heterocycles. The number of methoxy groups -OCH3 is 1. The van der Waals surface area contributed by atoms with Gasteiger partial charge in [0.15, 0.2) is 11.6 Å². The molecule has 1 aliphatic rings. The summed E-state index contributed by atoms with van der Waals surface area (Å²) in [4.78, 5) is 22.0.